The number of nitrogens with zero attached hydrogens (tertiary/aromatic N) is 2. The molecule has 11 heavy (non-hydrogen) atoms. The summed E-state index contributed by atoms with van der Waals surface area (Å²) in [5.74, 6) is 0. The Morgan fingerprint density at radius 3 is 2.27 bits per heavy atom. The summed E-state index contributed by atoms with van der Waals surface area (Å²) in [6, 6.07) is 0. The number of nitrogens with two attached hydrogens (primary N) is 1. The lowest BCUT2D eigenvalue weighted by atomic mass is 10.4. The van der Waals surface area contributed by atoms with Gasteiger partial charge in [-0.2, -0.15) is 0 Å². The lowest BCUT2D eigenvalue weighted by molar-refractivity contribution is 0.511. The van der Waals surface area contributed by atoms with E-state index in [1.54, 1.807) is 7.05 Å². The SMILES string of the molecule is CCn1c(C)c(N)c(=O)n1C. The average Bonchev–Trinajstić information content (AvgIpc) is 2.17. The molecule has 0 unspecified atom stereocenters. The minimum Gasteiger partial charge on any atom is -0.393 e. The molecule has 0 aliphatic carbocycles. The first-order valence-electron chi connectivity index (χ1n) is 3.61. The standard InChI is InChI=1S/C7H13N3O/c1-4-10-5(2)6(8)7(11)9(10)3/h4,8H2,1-3H3. The number of hydrogen-bond acceptors (Lipinski definition) is 2. The fourth-order valence-electron chi connectivity index (χ4n) is 1.25. The molecular weight excluding hydrogens is 142 g/mol. The first kappa shape index (κ1) is 7.91. The van der Waals surface area contributed by atoms with Crippen LogP contribution in [0.4, 0.5) is 5.69 Å². The van der Waals surface area contributed by atoms with E-state index < -0.39 is 0 Å². The second-order valence-electron chi connectivity index (χ2n) is 2.54. The lowest BCUT2D eigenvalue weighted by Crippen LogP contribution is -2.19. The third-order valence-electron chi connectivity index (χ3n) is 1.96. The molecule has 1 heterocycles. The van der Waals surface area contributed by atoms with Crippen molar-refractivity contribution in [2.75, 3.05) is 5.73 Å². The molecule has 0 radical (unpaired) electrons. The van der Waals surface area contributed by atoms with Gasteiger partial charge in [-0.1, -0.05) is 0 Å². The van der Waals surface area contributed by atoms with Crippen LogP contribution in [0.2, 0.25) is 0 Å². The van der Waals surface area contributed by atoms with Crippen molar-refractivity contribution in [2.24, 2.45) is 7.05 Å². The highest BCUT2D eigenvalue weighted by Gasteiger charge is 2.08. The summed E-state index contributed by atoms with van der Waals surface area (Å²) < 4.78 is 3.38. The molecule has 0 fully saturated rings. The van der Waals surface area contributed by atoms with Crippen LogP contribution in [-0.4, -0.2) is 9.36 Å². The molecule has 0 aliphatic heterocycles. The smallest absolute Gasteiger partial charge is 0.289 e. The van der Waals surface area contributed by atoms with Gasteiger partial charge in [0.25, 0.3) is 5.56 Å². The Kier molecular flexibility index (Phi) is 1.76. The zero-order valence-electron chi connectivity index (χ0n) is 7.09. The molecule has 4 nitrogen and oxygen atoms in total. The van der Waals surface area contributed by atoms with E-state index in [4.69, 9.17) is 5.73 Å². The van der Waals surface area contributed by atoms with E-state index in [1.807, 2.05) is 18.5 Å². The molecule has 1 aromatic rings. The van der Waals surface area contributed by atoms with E-state index in [0.717, 1.165) is 12.2 Å². The van der Waals surface area contributed by atoms with E-state index in [9.17, 15) is 4.79 Å². The molecule has 0 saturated carbocycles. The van der Waals surface area contributed by atoms with Gasteiger partial charge in [0, 0.05) is 13.6 Å². The maximum absolute atomic E-state index is 11.2. The predicted molar refractivity (Wildman–Crippen MR) is 44.5 cm³/mol. The van der Waals surface area contributed by atoms with E-state index in [1.165, 1.54) is 4.68 Å². The summed E-state index contributed by atoms with van der Waals surface area (Å²) in [5.41, 5.74) is 6.62. The fourth-order valence-corrected chi connectivity index (χ4v) is 1.25. The second kappa shape index (κ2) is 2.45. The van der Waals surface area contributed by atoms with Crippen LogP contribution in [-0.2, 0) is 13.6 Å². The molecule has 0 aliphatic rings. The van der Waals surface area contributed by atoms with Crippen LogP contribution in [0.5, 0.6) is 0 Å². The molecule has 2 N–H and O–H groups in total. The highest BCUT2D eigenvalue weighted by molar-refractivity contribution is 5.40. The molecule has 62 valence electrons. The van der Waals surface area contributed by atoms with Gasteiger partial charge in [0.2, 0.25) is 0 Å². The summed E-state index contributed by atoms with van der Waals surface area (Å²) in [7, 11) is 1.72. The molecule has 0 amide bonds. The minimum atomic E-state index is -0.107. The van der Waals surface area contributed by atoms with E-state index in [2.05, 4.69) is 0 Å². The minimum absolute atomic E-state index is 0.107. The van der Waals surface area contributed by atoms with E-state index in [-0.39, 0.29) is 5.56 Å². The van der Waals surface area contributed by atoms with Gasteiger partial charge in [-0.15, -0.1) is 0 Å². The van der Waals surface area contributed by atoms with Crippen molar-refractivity contribution in [1.82, 2.24) is 9.36 Å². The number of anilines is 1. The van der Waals surface area contributed by atoms with Gasteiger partial charge in [0.05, 0.1) is 5.69 Å². The maximum atomic E-state index is 11.2. The van der Waals surface area contributed by atoms with Crippen molar-refractivity contribution in [3.05, 3.63) is 16.0 Å². The van der Waals surface area contributed by atoms with Gasteiger partial charge >= 0.3 is 0 Å². The van der Waals surface area contributed by atoms with Crippen molar-refractivity contribution in [1.29, 1.82) is 0 Å². The number of nitrogen functional groups attached to an aromatic ring is 1. The fraction of sp³-hybridized carbons (Fsp3) is 0.571. The predicted octanol–water partition coefficient (Wildman–Crippen LogP) is 0.0973. The van der Waals surface area contributed by atoms with Gasteiger partial charge in [0.1, 0.15) is 5.69 Å². The van der Waals surface area contributed by atoms with Crippen LogP contribution in [0.15, 0.2) is 4.79 Å². The van der Waals surface area contributed by atoms with Crippen molar-refractivity contribution in [3.63, 3.8) is 0 Å². The summed E-state index contributed by atoms with van der Waals surface area (Å²) in [4.78, 5) is 11.2. The Morgan fingerprint density at radius 1 is 1.55 bits per heavy atom. The number of aromatic nitrogens is 2. The zero-order valence-corrected chi connectivity index (χ0v) is 7.09. The largest absolute Gasteiger partial charge is 0.393 e. The Hall–Kier alpha value is -1.19. The van der Waals surface area contributed by atoms with Crippen molar-refractivity contribution < 1.29 is 0 Å². The van der Waals surface area contributed by atoms with Crippen LogP contribution >= 0.6 is 0 Å². The van der Waals surface area contributed by atoms with Crippen LogP contribution < -0.4 is 11.3 Å². The molecule has 0 spiro atoms. The number of rotatable bonds is 1. The summed E-state index contributed by atoms with van der Waals surface area (Å²) in [5, 5.41) is 0. The van der Waals surface area contributed by atoms with Crippen LogP contribution in [0.25, 0.3) is 0 Å². The topological polar surface area (TPSA) is 52.9 Å². The lowest BCUT2D eigenvalue weighted by Gasteiger charge is -2.04. The van der Waals surface area contributed by atoms with Gasteiger partial charge in [-0.25, -0.2) is 0 Å². The molecule has 0 atom stereocenters. The quantitative estimate of drug-likeness (QED) is 0.625. The first-order chi connectivity index (χ1) is 5.09. The Balaban J connectivity index is 3.48. The molecular formula is C7H13N3O. The summed E-state index contributed by atoms with van der Waals surface area (Å²) >= 11 is 0. The second-order valence-corrected chi connectivity index (χ2v) is 2.54. The molecule has 0 bridgehead atoms. The molecule has 0 saturated heterocycles. The first-order valence-corrected chi connectivity index (χ1v) is 3.61. The Morgan fingerprint density at radius 2 is 2.09 bits per heavy atom. The molecule has 1 rings (SSSR count). The third kappa shape index (κ3) is 0.943. The van der Waals surface area contributed by atoms with Gasteiger partial charge in [-0.3, -0.25) is 14.2 Å². The summed E-state index contributed by atoms with van der Waals surface area (Å²) in [6.45, 7) is 4.60. The van der Waals surface area contributed by atoms with Gasteiger partial charge < -0.3 is 5.73 Å². The highest BCUT2D eigenvalue weighted by Crippen LogP contribution is 2.04. The van der Waals surface area contributed by atoms with Crippen LogP contribution in [0, 0.1) is 6.92 Å². The van der Waals surface area contributed by atoms with Crippen LogP contribution in [0.3, 0.4) is 0 Å². The monoisotopic (exact) mass is 155 g/mol. The average molecular weight is 155 g/mol. The van der Waals surface area contributed by atoms with E-state index in [0.29, 0.717) is 5.69 Å². The van der Waals surface area contributed by atoms with Crippen LogP contribution in [0.1, 0.15) is 12.6 Å². The summed E-state index contributed by atoms with van der Waals surface area (Å²) in [6.07, 6.45) is 0. The van der Waals surface area contributed by atoms with Crippen molar-refractivity contribution in [3.8, 4) is 0 Å². The van der Waals surface area contributed by atoms with Gasteiger partial charge in [0.15, 0.2) is 0 Å². The maximum Gasteiger partial charge on any atom is 0.289 e. The normalized spacial score (nSPS) is 10.5. The van der Waals surface area contributed by atoms with Crippen molar-refractivity contribution in [2.45, 2.75) is 20.4 Å². The molecule has 0 aromatic carbocycles. The number of hydrogen-bond donors (Lipinski definition) is 1. The highest BCUT2D eigenvalue weighted by atomic mass is 16.1. The van der Waals surface area contributed by atoms with E-state index >= 15 is 0 Å². The zero-order chi connectivity index (χ0) is 8.59. The Labute approximate surface area is 65.2 Å². The Bertz CT molecular complexity index is 321. The molecule has 1 aromatic heterocycles. The third-order valence-corrected chi connectivity index (χ3v) is 1.96. The van der Waals surface area contributed by atoms with Crippen molar-refractivity contribution >= 4 is 5.69 Å². The van der Waals surface area contributed by atoms with Gasteiger partial charge in [-0.05, 0) is 13.8 Å². The molecule has 4 heteroatoms.